The van der Waals surface area contributed by atoms with E-state index in [2.05, 4.69) is 14.9 Å². The minimum atomic E-state index is -0.435. The Hall–Kier alpha value is -1.66. The molecule has 0 aliphatic heterocycles. The van der Waals surface area contributed by atoms with Crippen LogP contribution in [0.3, 0.4) is 0 Å². The molecule has 4 nitrogen and oxygen atoms in total. The van der Waals surface area contributed by atoms with Crippen LogP contribution in [0.25, 0.3) is 0 Å². The normalized spacial score (nSPS) is 12.6. The molecular formula is C15H18FN3OS. The smallest absolute Gasteiger partial charge is 0.185 e. The van der Waals surface area contributed by atoms with Crippen molar-refractivity contribution in [2.45, 2.75) is 20.4 Å². The Morgan fingerprint density at radius 1 is 1.48 bits per heavy atom. The molecule has 0 saturated heterocycles. The van der Waals surface area contributed by atoms with Gasteiger partial charge in [-0.25, -0.2) is 9.37 Å². The maximum Gasteiger partial charge on any atom is 0.185 e. The molecule has 2 aromatic rings. The highest BCUT2D eigenvalue weighted by Crippen LogP contribution is 2.12. The third kappa shape index (κ3) is 4.41. The fourth-order valence-corrected chi connectivity index (χ4v) is 2.75. The Morgan fingerprint density at radius 3 is 2.81 bits per heavy atom. The highest BCUT2D eigenvalue weighted by atomic mass is 32.1. The molecule has 21 heavy (non-hydrogen) atoms. The summed E-state index contributed by atoms with van der Waals surface area (Å²) in [5.41, 5.74) is 1.32. The molecule has 112 valence electrons. The largest absolute Gasteiger partial charge is 0.300 e. The number of pyridine rings is 1. The molecule has 2 heterocycles. The van der Waals surface area contributed by atoms with Crippen LogP contribution in [0.15, 0.2) is 23.7 Å². The number of thiazole rings is 1. The van der Waals surface area contributed by atoms with Crippen LogP contribution in [0.1, 0.15) is 28.1 Å². The zero-order chi connectivity index (χ0) is 15.4. The minimum Gasteiger partial charge on any atom is -0.300 e. The lowest BCUT2D eigenvalue weighted by molar-refractivity contribution is 0.0895. The molecule has 0 aromatic carbocycles. The molecular weight excluding hydrogens is 289 g/mol. The quantitative estimate of drug-likeness (QED) is 0.770. The third-order valence-electron chi connectivity index (χ3n) is 3.11. The second-order valence-electron chi connectivity index (χ2n) is 5.18. The maximum atomic E-state index is 12.8. The van der Waals surface area contributed by atoms with E-state index in [1.807, 2.05) is 26.3 Å². The highest BCUT2D eigenvalue weighted by Gasteiger charge is 2.18. The lowest BCUT2D eigenvalue weighted by Crippen LogP contribution is -2.29. The van der Waals surface area contributed by atoms with Crippen molar-refractivity contribution >= 4 is 17.1 Å². The summed E-state index contributed by atoms with van der Waals surface area (Å²) in [6.07, 6.45) is 1.07. The molecule has 0 bridgehead atoms. The summed E-state index contributed by atoms with van der Waals surface area (Å²) in [5.74, 6) is -0.709. The van der Waals surface area contributed by atoms with Crippen LogP contribution in [0.4, 0.5) is 4.39 Å². The number of aryl methyl sites for hydroxylation is 1. The van der Waals surface area contributed by atoms with Crippen molar-refractivity contribution in [2.75, 3.05) is 13.6 Å². The maximum absolute atomic E-state index is 12.8. The first-order valence-electron chi connectivity index (χ1n) is 6.71. The molecule has 0 N–H and O–H groups in total. The van der Waals surface area contributed by atoms with Gasteiger partial charge in [-0.05, 0) is 26.1 Å². The van der Waals surface area contributed by atoms with Gasteiger partial charge in [0.15, 0.2) is 5.78 Å². The van der Waals surface area contributed by atoms with Gasteiger partial charge in [-0.2, -0.15) is 0 Å². The van der Waals surface area contributed by atoms with Crippen LogP contribution in [0.2, 0.25) is 0 Å². The average molecular weight is 307 g/mol. The first-order chi connectivity index (χ1) is 9.95. The summed E-state index contributed by atoms with van der Waals surface area (Å²) >= 11 is 1.62. The third-order valence-corrected chi connectivity index (χ3v) is 3.93. The Bertz CT molecular complexity index is 612. The number of ketones is 1. The van der Waals surface area contributed by atoms with Crippen molar-refractivity contribution in [3.8, 4) is 0 Å². The number of carbonyl (C=O) groups is 1. The Morgan fingerprint density at radius 2 is 2.24 bits per heavy atom. The van der Waals surface area contributed by atoms with Gasteiger partial charge in [-0.3, -0.25) is 14.7 Å². The van der Waals surface area contributed by atoms with E-state index in [1.54, 1.807) is 11.3 Å². The van der Waals surface area contributed by atoms with Crippen molar-refractivity contribution in [1.29, 1.82) is 0 Å². The van der Waals surface area contributed by atoms with Crippen LogP contribution >= 0.6 is 11.3 Å². The van der Waals surface area contributed by atoms with E-state index in [-0.39, 0.29) is 11.7 Å². The van der Waals surface area contributed by atoms with E-state index in [1.165, 1.54) is 12.1 Å². The van der Waals surface area contributed by atoms with Gasteiger partial charge in [-0.1, -0.05) is 6.92 Å². The number of Topliss-reactive ketones (excluding diaryl/α,β-unsaturated/α-hetero) is 1. The van der Waals surface area contributed by atoms with E-state index in [0.717, 1.165) is 16.9 Å². The van der Waals surface area contributed by atoms with Crippen LogP contribution in [-0.4, -0.2) is 34.2 Å². The molecule has 0 spiro atoms. The van der Waals surface area contributed by atoms with Crippen LogP contribution < -0.4 is 0 Å². The molecule has 0 amide bonds. The van der Waals surface area contributed by atoms with Gasteiger partial charge in [0.05, 0.1) is 16.9 Å². The molecule has 2 aromatic heterocycles. The average Bonchev–Trinajstić information content (AvgIpc) is 2.83. The van der Waals surface area contributed by atoms with Crippen LogP contribution in [-0.2, 0) is 6.54 Å². The van der Waals surface area contributed by atoms with Crippen molar-refractivity contribution < 1.29 is 9.18 Å². The van der Waals surface area contributed by atoms with Gasteiger partial charge < -0.3 is 0 Å². The zero-order valence-corrected chi connectivity index (χ0v) is 13.2. The molecule has 0 aliphatic rings. The second kappa shape index (κ2) is 6.87. The predicted octanol–water partition coefficient (Wildman–Crippen LogP) is 2.94. The highest BCUT2D eigenvalue weighted by molar-refractivity contribution is 7.09. The fourth-order valence-electron chi connectivity index (χ4n) is 2.15. The van der Waals surface area contributed by atoms with E-state index >= 15 is 0 Å². The number of rotatable bonds is 6. The molecule has 0 radical (unpaired) electrons. The van der Waals surface area contributed by atoms with Gasteiger partial charge in [0.25, 0.3) is 0 Å². The number of hydrogen-bond acceptors (Lipinski definition) is 5. The molecule has 6 heteroatoms. The van der Waals surface area contributed by atoms with Crippen molar-refractivity contribution in [2.24, 2.45) is 5.92 Å². The Labute approximate surface area is 127 Å². The molecule has 0 saturated carbocycles. The lowest BCUT2D eigenvalue weighted by Gasteiger charge is -2.19. The van der Waals surface area contributed by atoms with E-state index < -0.39 is 5.82 Å². The van der Waals surface area contributed by atoms with Crippen molar-refractivity contribution in [3.63, 3.8) is 0 Å². The molecule has 2 rings (SSSR count). The first-order valence-corrected chi connectivity index (χ1v) is 7.59. The van der Waals surface area contributed by atoms with Gasteiger partial charge >= 0.3 is 0 Å². The Balaban J connectivity index is 1.92. The van der Waals surface area contributed by atoms with Crippen molar-refractivity contribution in [1.82, 2.24) is 14.9 Å². The Kier molecular flexibility index (Phi) is 5.14. The summed E-state index contributed by atoms with van der Waals surface area (Å²) in [6.45, 7) is 5.14. The van der Waals surface area contributed by atoms with Crippen LogP contribution in [0.5, 0.6) is 0 Å². The van der Waals surface area contributed by atoms with E-state index in [9.17, 15) is 9.18 Å². The van der Waals surface area contributed by atoms with E-state index in [0.29, 0.717) is 18.8 Å². The minimum absolute atomic E-state index is 0.0729. The topological polar surface area (TPSA) is 46.1 Å². The van der Waals surface area contributed by atoms with Crippen molar-refractivity contribution in [3.05, 3.63) is 45.9 Å². The fraction of sp³-hybridized carbons (Fsp3) is 0.400. The molecule has 0 fully saturated rings. The standard InChI is InChI=1S/C15H18FN3OS/c1-10(15(20)14-5-4-12(16)6-17-14)7-19(3)8-13-9-21-11(2)18-13/h4-6,9-10H,7-8H2,1-3H3. The predicted molar refractivity (Wildman–Crippen MR) is 80.9 cm³/mol. The van der Waals surface area contributed by atoms with Crippen LogP contribution in [0, 0.1) is 18.7 Å². The lowest BCUT2D eigenvalue weighted by atomic mass is 10.0. The number of halogens is 1. The second-order valence-corrected chi connectivity index (χ2v) is 6.24. The first kappa shape index (κ1) is 15.7. The number of carbonyl (C=O) groups excluding carboxylic acids is 1. The summed E-state index contributed by atoms with van der Waals surface area (Å²) < 4.78 is 12.8. The summed E-state index contributed by atoms with van der Waals surface area (Å²) in [7, 11) is 1.95. The number of nitrogens with zero attached hydrogens (tertiary/aromatic N) is 3. The zero-order valence-electron chi connectivity index (χ0n) is 12.3. The molecule has 1 unspecified atom stereocenters. The van der Waals surface area contributed by atoms with Gasteiger partial charge in [-0.15, -0.1) is 11.3 Å². The SMILES string of the molecule is Cc1nc(CN(C)CC(C)C(=O)c2ccc(F)cn2)cs1. The molecule has 1 atom stereocenters. The van der Waals surface area contributed by atoms with Gasteiger partial charge in [0, 0.05) is 24.4 Å². The van der Waals surface area contributed by atoms with E-state index in [4.69, 9.17) is 0 Å². The monoisotopic (exact) mass is 307 g/mol. The van der Waals surface area contributed by atoms with Gasteiger partial charge in [0.2, 0.25) is 0 Å². The summed E-state index contributed by atoms with van der Waals surface area (Å²) in [4.78, 5) is 22.5. The number of aromatic nitrogens is 2. The summed E-state index contributed by atoms with van der Waals surface area (Å²) in [6, 6.07) is 2.69. The number of hydrogen-bond donors (Lipinski definition) is 0. The molecule has 0 aliphatic carbocycles. The summed E-state index contributed by atoms with van der Waals surface area (Å²) in [5, 5.41) is 3.07. The van der Waals surface area contributed by atoms with Gasteiger partial charge in [0.1, 0.15) is 11.5 Å².